The van der Waals surface area contributed by atoms with Crippen LogP contribution in [0.2, 0.25) is 0 Å². The Morgan fingerprint density at radius 2 is 2.11 bits per heavy atom. The molecule has 5 rings (SSSR count). The van der Waals surface area contributed by atoms with Crippen molar-refractivity contribution in [1.82, 2.24) is 19.4 Å². The second-order valence-corrected chi connectivity index (χ2v) is 10.4. The largest absolute Gasteiger partial charge is 0.464 e. The van der Waals surface area contributed by atoms with E-state index in [1.165, 1.54) is 18.9 Å². The molecule has 2 fully saturated rings. The molecule has 0 aliphatic carbocycles. The lowest BCUT2D eigenvalue weighted by molar-refractivity contribution is -0.141. The number of aromatic nitrogens is 3. The lowest BCUT2D eigenvalue weighted by atomic mass is 9.92. The van der Waals surface area contributed by atoms with Gasteiger partial charge in [-0.3, -0.25) is 9.69 Å². The summed E-state index contributed by atoms with van der Waals surface area (Å²) in [6.07, 6.45) is 0.359. The average Bonchev–Trinajstić information content (AvgIpc) is 3.50. The van der Waals surface area contributed by atoms with Crippen molar-refractivity contribution in [1.29, 1.82) is 0 Å². The number of ether oxygens (including phenoxy) is 1. The van der Waals surface area contributed by atoms with Crippen LogP contribution in [0.3, 0.4) is 0 Å². The van der Waals surface area contributed by atoms with Crippen LogP contribution in [-0.4, -0.2) is 63.9 Å². The lowest BCUT2D eigenvalue weighted by Crippen LogP contribution is -2.46. The second-order valence-electron chi connectivity index (χ2n) is 9.28. The summed E-state index contributed by atoms with van der Waals surface area (Å²) in [5.74, 6) is 0.954. The Morgan fingerprint density at radius 3 is 2.91 bits per heavy atom. The molecule has 3 aromatic rings. The van der Waals surface area contributed by atoms with Gasteiger partial charge in [-0.25, -0.2) is 9.97 Å². The SMILES string of the molecule is CC(=O)OCCn1cccc1CN1CCC2CN(c3ncnc4sc(CC(F)(F)F)cc34)CCC21. The van der Waals surface area contributed by atoms with E-state index in [-0.39, 0.29) is 10.8 Å². The van der Waals surface area contributed by atoms with Gasteiger partial charge in [0.05, 0.1) is 18.4 Å². The first-order valence-corrected chi connectivity index (χ1v) is 12.6. The van der Waals surface area contributed by atoms with Crippen LogP contribution < -0.4 is 4.90 Å². The summed E-state index contributed by atoms with van der Waals surface area (Å²) in [4.78, 5) is 25.4. The number of carbonyl (C=O) groups is 1. The van der Waals surface area contributed by atoms with E-state index in [0.717, 1.165) is 61.6 Å². The highest BCUT2D eigenvalue weighted by atomic mass is 32.1. The van der Waals surface area contributed by atoms with Crippen molar-refractivity contribution in [3.05, 3.63) is 41.3 Å². The molecule has 3 aromatic heterocycles. The molecular formula is C24H28F3N5O2S. The molecule has 2 aliphatic rings. The maximum Gasteiger partial charge on any atom is 0.393 e. The topological polar surface area (TPSA) is 63.5 Å². The molecule has 0 amide bonds. The minimum Gasteiger partial charge on any atom is -0.464 e. The van der Waals surface area contributed by atoms with Crippen molar-refractivity contribution in [2.75, 3.05) is 31.1 Å². The van der Waals surface area contributed by atoms with Crippen molar-refractivity contribution in [2.45, 2.75) is 51.5 Å². The molecule has 188 valence electrons. The van der Waals surface area contributed by atoms with E-state index in [9.17, 15) is 18.0 Å². The number of halogens is 3. The third kappa shape index (κ3) is 5.45. The summed E-state index contributed by atoms with van der Waals surface area (Å²) in [6.45, 7) is 5.91. The van der Waals surface area contributed by atoms with Gasteiger partial charge in [-0.1, -0.05) is 0 Å². The van der Waals surface area contributed by atoms with E-state index in [4.69, 9.17) is 4.74 Å². The molecule has 11 heteroatoms. The van der Waals surface area contributed by atoms with Gasteiger partial charge in [0.1, 0.15) is 23.6 Å². The molecule has 35 heavy (non-hydrogen) atoms. The van der Waals surface area contributed by atoms with Crippen molar-refractivity contribution in [2.24, 2.45) is 5.92 Å². The number of alkyl halides is 3. The minimum absolute atomic E-state index is 0.271. The number of rotatable bonds is 7. The number of hydrogen-bond acceptors (Lipinski definition) is 7. The Kier molecular flexibility index (Phi) is 6.71. The van der Waals surface area contributed by atoms with Gasteiger partial charge in [-0.15, -0.1) is 11.3 Å². The smallest absolute Gasteiger partial charge is 0.393 e. The van der Waals surface area contributed by atoms with E-state index < -0.39 is 12.6 Å². The van der Waals surface area contributed by atoms with Gasteiger partial charge < -0.3 is 14.2 Å². The number of thiophene rings is 1. The quantitative estimate of drug-likeness (QED) is 0.446. The number of carbonyl (C=O) groups excluding carboxylic acids is 1. The summed E-state index contributed by atoms with van der Waals surface area (Å²) >= 11 is 1.10. The van der Waals surface area contributed by atoms with E-state index in [1.54, 1.807) is 6.07 Å². The third-order valence-corrected chi connectivity index (χ3v) is 7.95. The lowest BCUT2D eigenvalue weighted by Gasteiger charge is -2.38. The maximum absolute atomic E-state index is 12.9. The van der Waals surface area contributed by atoms with Gasteiger partial charge >= 0.3 is 12.1 Å². The molecule has 2 saturated heterocycles. The van der Waals surface area contributed by atoms with Crippen molar-refractivity contribution in [3.63, 3.8) is 0 Å². The van der Waals surface area contributed by atoms with Gasteiger partial charge in [0.25, 0.3) is 0 Å². The molecule has 0 N–H and O–H groups in total. The Morgan fingerprint density at radius 1 is 1.26 bits per heavy atom. The number of piperidine rings is 1. The summed E-state index contributed by atoms with van der Waals surface area (Å²) in [6, 6.07) is 6.21. The average molecular weight is 508 g/mol. The molecule has 0 saturated carbocycles. The zero-order chi connectivity index (χ0) is 24.6. The third-order valence-electron chi connectivity index (χ3n) is 6.91. The minimum atomic E-state index is -4.24. The fraction of sp³-hybridized carbons (Fsp3) is 0.542. The fourth-order valence-corrected chi connectivity index (χ4v) is 6.43. The normalized spacial score (nSPS) is 21.0. The fourth-order valence-electron chi connectivity index (χ4n) is 5.41. The van der Waals surface area contributed by atoms with Crippen LogP contribution in [-0.2, 0) is 29.0 Å². The molecule has 0 radical (unpaired) electrons. The molecule has 0 aromatic carbocycles. The number of nitrogens with zero attached hydrogens (tertiary/aromatic N) is 5. The van der Waals surface area contributed by atoms with E-state index in [0.29, 0.717) is 29.9 Å². The van der Waals surface area contributed by atoms with E-state index in [1.807, 2.05) is 12.3 Å². The molecule has 7 nitrogen and oxygen atoms in total. The predicted molar refractivity (Wildman–Crippen MR) is 127 cm³/mol. The number of hydrogen-bond donors (Lipinski definition) is 0. The van der Waals surface area contributed by atoms with Crippen molar-refractivity contribution >= 4 is 33.3 Å². The number of likely N-dealkylation sites (tertiary alicyclic amines) is 1. The molecule has 0 spiro atoms. The summed E-state index contributed by atoms with van der Waals surface area (Å²) in [5, 5.41) is 0.718. The molecule has 5 heterocycles. The Bertz CT molecular complexity index is 1190. The van der Waals surface area contributed by atoms with Gasteiger partial charge in [0.2, 0.25) is 0 Å². The van der Waals surface area contributed by atoms with Crippen LogP contribution in [0.25, 0.3) is 10.2 Å². The van der Waals surface area contributed by atoms with E-state index in [2.05, 4.69) is 30.4 Å². The van der Waals surface area contributed by atoms with E-state index >= 15 is 0 Å². The maximum atomic E-state index is 12.9. The second kappa shape index (κ2) is 9.77. The number of anilines is 1. The highest BCUT2D eigenvalue weighted by Crippen LogP contribution is 2.38. The number of esters is 1. The Hall–Kier alpha value is -2.66. The van der Waals surface area contributed by atoms with Crippen LogP contribution in [0.15, 0.2) is 30.7 Å². The molecule has 2 unspecified atom stereocenters. The standard InChI is InChI=1S/C24H28F3N5O2S/c1-16(33)34-10-9-30-6-2-3-18(30)14-31-7-4-17-13-32(8-5-21(17)31)22-20-11-19(12-24(25,26)27)35-23(20)29-15-28-22/h2-3,6,11,15,17,21H,4-5,7-10,12-14H2,1H3. The first-order valence-electron chi connectivity index (χ1n) is 11.8. The van der Waals surface area contributed by atoms with Crippen LogP contribution in [0.1, 0.15) is 30.3 Å². The van der Waals surface area contributed by atoms with Crippen LogP contribution in [0.4, 0.5) is 19.0 Å². The van der Waals surface area contributed by atoms with Crippen molar-refractivity contribution in [3.8, 4) is 0 Å². The van der Waals surface area contributed by atoms with Gasteiger partial charge in [-0.2, -0.15) is 13.2 Å². The molecular weight excluding hydrogens is 479 g/mol. The van der Waals surface area contributed by atoms with Crippen LogP contribution in [0, 0.1) is 5.92 Å². The molecule has 2 aliphatic heterocycles. The Labute approximate surface area is 205 Å². The molecule has 2 atom stereocenters. The zero-order valence-corrected chi connectivity index (χ0v) is 20.3. The van der Waals surface area contributed by atoms with Gasteiger partial charge in [0.15, 0.2) is 0 Å². The summed E-state index contributed by atoms with van der Waals surface area (Å²) in [7, 11) is 0. The first-order chi connectivity index (χ1) is 16.8. The van der Waals surface area contributed by atoms with Crippen LogP contribution >= 0.6 is 11.3 Å². The zero-order valence-electron chi connectivity index (χ0n) is 19.5. The predicted octanol–water partition coefficient (Wildman–Crippen LogP) is 4.26. The summed E-state index contributed by atoms with van der Waals surface area (Å²) in [5.41, 5.74) is 1.20. The van der Waals surface area contributed by atoms with Crippen molar-refractivity contribution < 1.29 is 22.7 Å². The van der Waals surface area contributed by atoms with Gasteiger partial charge in [0, 0.05) is 49.4 Å². The number of fused-ring (bicyclic) bond motifs is 2. The highest BCUT2D eigenvalue weighted by molar-refractivity contribution is 7.18. The Balaban J connectivity index is 1.25. The molecule has 0 bridgehead atoms. The highest BCUT2D eigenvalue weighted by Gasteiger charge is 2.39. The summed E-state index contributed by atoms with van der Waals surface area (Å²) < 4.78 is 45.9. The van der Waals surface area contributed by atoms with Crippen LogP contribution in [0.5, 0.6) is 0 Å². The monoisotopic (exact) mass is 507 g/mol. The van der Waals surface area contributed by atoms with Gasteiger partial charge in [-0.05, 0) is 43.5 Å². The first kappa shape index (κ1) is 24.1.